The van der Waals surface area contributed by atoms with Crippen LogP contribution < -0.4 is 15.5 Å². The second-order valence-corrected chi connectivity index (χ2v) is 9.27. The molecule has 2 aromatic carbocycles. The van der Waals surface area contributed by atoms with E-state index in [1.165, 1.54) is 30.7 Å². The summed E-state index contributed by atoms with van der Waals surface area (Å²) >= 11 is 11.1. The highest BCUT2D eigenvalue weighted by Crippen LogP contribution is 2.24. The molecular weight excluding hydrogens is 496 g/mol. The molecule has 3 N–H and O–H groups in total. The number of nitrogens with one attached hydrogen (secondary N) is 3. The summed E-state index contributed by atoms with van der Waals surface area (Å²) in [7, 11) is -3.81. The largest absolute Gasteiger partial charge is 0.455 e. The van der Waals surface area contributed by atoms with Crippen molar-refractivity contribution in [1.29, 1.82) is 0 Å². The predicted molar refractivity (Wildman–Crippen MR) is 135 cm³/mol. The number of thiocarbonyl (C=S) groups is 1. The SMILES string of the molecule is O=S(=O)(Nc1ncccn1)c1ccc(-c2ccc(/C=N/NC(=S)Nc3cccc(Cl)c3)o2)cc1. The number of benzene rings is 2. The molecule has 9 nitrogen and oxygen atoms in total. The topological polar surface area (TPSA) is 122 Å². The summed E-state index contributed by atoms with van der Waals surface area (Å²) in [6, 6.07) is 18.4. The van der Waals surface area contributed by atoms with E-state index >= 15 is 0 Å². The zero-order valence-corrected chi connectivity index (χ0v) is 19.7. The minimum atomic E-state index is -3.81. The first-order chi connectivity index (χ1) is 16.4. The van der Waals surface area contributed by atoms with E-state index in [2.05, 4.69) is 30.5 Å². The Morgan fingerprint density at radius 3 is 2.53 bits per heavy atom. The molecule has 12 heteroatoms. The van der Waals surface area contributed by atoms with Crippen molar-refractivity contribution in [2.75, 3.05) is 10.0 Å². The molecule has 172 valence electrons. The van der Waals surface area contributed by atoms with Gasteiger partial charge in [0.1, 0.15) is 11.5 Å². The third-order valence-corrected chi connectivity index (χ3v) is 6.08. The van der Waals surface area contributed by atoms with E-state index in [0.29, 0.717) is 22.1 Å². The first-order valence-corrected chi connectivity index (χ1v) is 12.0. The molecule has 0 aliphatic rings. The third kappa shape index (κ3) is 6.16. The van der Waals surface area contributed by atoms with Crippen molar-refractivity contribution in [2.24, 2.45) is 5.10 Å². The van der Waals surface area contributed by atoms with Crippen LogP contribution in [0.1, 0.15) is 5.76 Å². The van der Waals surface area contributed by atoms with Gasteiger partial charge in [0.05, 0.1) is 11.1 Å². The third-order valence-electron chi connectivity index (χ3n) is 4.31. The van der Waals surface area contributed by atoms with Crippen LogP contribution in [0.15, 0.2) is 93.5 Å². The molecular formula is C22H17ClN6O3S2. The lowest BCUT2D eigenvalue weighted by atomic mass is 10.2. The molecule has 0 saturated carbocycles. The molecule has 0 radical (unpaired) electrons. The van der Waals surface area contributed by atoms with Gasteiger partial charge in [0.15, 0.2) is 5.11 Å². The molecule has 0 saturated heterocycles. The number of halogens is 1. The first kappa shape index (κ1) is 23.4. The Balaban J connectivity index is 1.36. The summed E-state index contributed by atoms with van der Waals surface area (Å²) in [5.74, 6) is 1.02. The van der Waals surface area contributed by atoms with Gasteiger partial charge >= 0.3 is 0 Å². The Morgan fingerprint density at radius 2 is 1.79 bits per heavy atom. The van der Waals surface area contributed by atoms with Crippen LogP contribution in [0.25, 0.3) is 11.3 Å². The summed E-state index contributed by atoms with van der Waals surface area (Å²) < 4.78 is 33.1. The summed E-state index contributed by atoms with van der Waals surface area (Å²) in [6.07, 6.45) is 4.37. The lowest BCUT2D eigenvalue weighted by molar-refractivity contribution is 0.574. The number of hydrogen-bond acceptors (Lipinski definition) is 7. The Morgan fingerprint density at radius 1 is 1.03 bits per heavy atom. The maximum absolute atomic E-state index is 12.5. The number of anilines is 2. The van der Waals surface area contributed by atoms with E-state index in [-0.39, 0.29) is 16.0 Å². The van der Waals surface area contributed by atoms with Crippen LogP contribution >= 0.6 is 23.8 Å². The van der Waals surface area contributed by atoms with Gasteiger partial charge in [-0.25, -0.2) is 23.1 Å². The average molecular weight is 513 g/mol. The van der Waals surface area contributed by atoms with Gasteiger partial charge in [-0.15, -0.1) is 0 Å². The van der Waals surface area contributed by atoms with Crippen molar-refractivity contribution in [3.63, 3.8) is 0 Å². The number of rotatable bonds is 7. The van der Waals surface area contributed by atoms with Gasteiger partial charge < -0.3 is 9.73 Å². The van der Waals surface area contributed by atoms with Crippen molar-refractivity contribution in [3.05, 3.63) is 89.9 Å². The second-order valence-electron chi connectivity index (χ2n) is 6.74. The van der Waals surface area contributed by atoms with Gasteiger partial charge in [-0.3, -0.25) is 5.43 Å². The van der Waals surface area contributed by atoms with Gasteiger partial charge in [-0.2, -0.15) is 5.10 Å². The fraction of sp³-hybridized carbons (Fsp3) is 0. The molecule has 0 aliphatic heterocycles. The van der Waals surface area contributed by atoms with E-state index in [0.717, 1.165) is 5.69 Å². The second kappa shape index (κ2) is 10.4. The highest BCUT2D eigenvalue weighted by molar-refractivity contribution is 7.92. The number of furan rings is 1. The van der Waals surface area contributed by atoms with E-state index in [1.54, 1.807) is 48.5 Å². The molecule has 4 rings (SSSR count). The zero-order chi connectivity index (χ0) is 24.0. The molecule has 0 fully saturated rings. The van der Waals surface area contributed by atoms with Crippen LogP contribution in [-0.2, 0) is 10.0 Å². The Hall–Kier alpha value is -3.80. The Labute approximate surface area is 206 Å². The number of hydrazone groups is 1. The molecule has 0 atom stereocenters. The van der Waals surface area contributed by atoms with E-state index in [1.807, 2.05) is 6.07 Å². The van der Waals surface area contributed by atoms with Crippen molar-refractivity contribution in [2.45, 2.75) is 4.90 Å². The lowest BCUT2D eigenvalue weighted by Crippen LogP contribution is -2.23. The smallest absolute Gasteiger partial charge is 0.264 e. The molecule has 0 unspecified atom stereocenters. The van der Waals surface area contributed by atoms with Crippen molar-refractivity contribution < 1.29 is 12.8 Å². The summed E-state index contributed by atoms with van der Waals surface area (Å²) in [5.41, 5.74) is 4.12. The van der Waals surface area contributed by atoms with Gasteiger partial charge in [0.25, 0.3) is 10.0 Å². The maximum atomic E-state index is 12.5. The summed E-state index contributed by atoms with van der Waals surface area (Å²) in [5, 5.41) is 7.89. The molecule has 2 heterocycles. The van der Waals surface area contributed by atoms with E-state index in [4.69, 9.17) is 28.2 Å². The van der Waals surface area contributed by atoms with Crippen LogP contribution in [0.5, 0.6) is 0 Å². The number of sulfonamides is 1. The minimum Gasteiger partial charge on any atom is -0.455 e. The normalized spacial score (nSPS) is 11.3. The summed E-state index contributed by atoms with van der Waals surface area (Å²) in [4.78, 5) is 7.80. The Bertz CT molecular complexity index is 1420. The monoisotopic (exact) mass is 512 g/mol. The number of aromatic nitrogens is 2. The fourth-order valence-electron chi connectivity index (χ4n) is 2.79. The van der Waals surface area contributed by atoms with Gasteiger partial charge in [-0.1, -0.05) is 17.7 Å². The zero-order valence-electron chi connectivity index (χ0n) is 17.3. The molecule has 4 aromatic rings. The number of nitrogens with zero attached hydrogens (tertiary/aromatic N) is 3. The van der Waals surface area contributed by atoms with Crippen LogP contribution in [0.3, 0.4) is 0 Å². The fourth-order valence-corrected chi connectivity index (χ4v) is 4.11. The molecule has 0 bridgehead atoms. The molecule has 34 heavy (non-hydrogen) atoms. The molecule has 2 aromatic heterocycles. The van der Waals surface area contributed by atoms with Crippen LogP contribution in [0.2, 0.25) is 5.02 Å². The lowest BCUT2D eigenvalue weighted by Gasteiger charge is -2.07. The van der Waals surface area contributed by atoms with Gasteiger partial charge in [0.2, 0.25) is 5.95 Å². The summed E-state index contributed by atoms with van der Waals surface area (Å²) in [6.45, 7) is 0. The van der Waals surface area contributed by atoms with E-state index in [9.17, 15) is 8.42 Å². The average Bonchev–Trinajstić information content (AvgIpc) is 3.28. The minimum absolute atomic E-state index is 0.00241. The van der Waals surface area contributed by atoms with E-state index < -0.39 is 10.0 Å². The van der Waals surface area contributed by atoms with Crippen molar-refractivity contribution in [1.82, 2.24) is 15.4 Å². The Kier molecular flexibility index (Phi) is 7.16. The van der Waals surface area contributed by atoms with Crippen molar-refractivity contribution >= 4 is 56.8 Å². The maximum Gasteiger partial charge on any atom is 0.264 e. The van der Waals surface area contributed by atoms with Crippen LogP contribution in [0, 0.1) is 0 Å². The van der Waals surface area contributed by atoms with Crippen LogP contribution in [-0.4, -0.2) is 29.7 Å². The quantitative estimate of drug-likeness (QED) is 0.188. The standard InChI is InChI=1S/C22H17ClN6O3S2/c23-16-3-1-4-17(13-16)27-22(33)28-26-14-18-7-10-20(32-18)15-5-8-19(9-6-15)34(30,31)29-21-24-11-2-12-25-21/h1-14H,(H,24,25,29)(H2,27,28,33)/b26-14+. The highest BCUT2D eigenvalue weighted by atomic mass is 35.5. The molecule has 0 amide bonds. The molecule has 0 aliphatic carbocycles. The van der Waals surface area contributed by atoms with Gasteiger partial charge in [-0.05, 0) is 72.9 Å². The van der Waals surface area contributed by atoms with Crippen molar-refractivity contribution in [3.8, 4) is 11.3 Å². The molecule has 0 spiro atoms. The van der Waals surface area contributed by atoms with Gasteiger partial charge in [0, 0.05) is 28.7 Å². The number of hydrogen-bond donors (Lipinski definition) is 3. The highest BCUT2D eigenvalue weighted by Gasteiger charge is 2.16. The van der Waals surface area contributed by atoms with Crippen LogP contribution in [0.4, 0.5) is 11.6 Å². The predicted octanol–water partition coefficient (Wildman–Crippen LogP) is 4.51. The first-order valence-electron chi connectivity index (χ1n) is 9.75.